The van der Waals surface area contributed by atoms with Gasteiger partial charge in [0.1, 0.15) is 18.4 Å². The molecule has 1 saturated heterocycles. The van der Waals surface area contributed by atoms with E-state index in [2.05, 4.69) is 42.6 Å². The number of unbranched alkanes of at least 4 members (excludes halogenated alkanes) is 7. The average molecular weight is 622 g/mol. The van der Waals surface area contributed by atoms with Gasteiger partial charge in [-0.2, -0.15) is 4.31 Å². The van der Waals surface area contributed by atoms with E-state index in [1.165, 1.54) is 4.31 Å². The molecule has 0 bridgehead atoms. The molecule has 9 heteroatoms. The van der Waals surface area contributed by atoms with Gasteiger partial charge in [-0.3, -0.25) is 0 Å². The van der Waals surface area contributed by atoms with Gasteiger partial charge in [0.15, 0.2) is 0 Å². The SMILES string of the molecule is CCCCCC#CC(CS(=O)(=O)N1CCN(c2ccc(OCc3ccccc3)cc2)CC1)N(C#CCCCCCC)C(=O)O. The summed E-state index contributed by atoms with van der Waals surface area (Å²) in [5.74, 6) is 9.25. The van der Waals surface area contributed by atoms with Crippen LogP contribution in [0.5, 0.6) is 5.75 Å². The Morgan fingerprint density at radius 2 is 1.52 bits per heavy atom. The molecule has 238 valence electrons. The lowest BCUT2D eigenvalue weighted by Gasteiger charge is -2.36. The van der Waals surface area contributed by atoms with Gasteiger partial charge in [-0.05, 0) is 42.7 Å². The van der Waals surface area contributed by atoms with Crippen LogP contribution in [0, 0.1) is 23.8 Å². The lowest BCUT2D eigenvalue weighted by molar-refractivity contribution is 0.162. The zero-order valence-corrected chi connectivity index (χ0v) is 27.0. The number of nitrogens with zero attached hydrogens (tertiary/aromatic N) is 3. The standard InChI is InChI=1S/C35H47N3O5S/c1-3-5-7-9-11-16-24-38(35(39)40)33(19-15-10-8-6-4-2)30-44(41,42)37-27-25-36(26-28-37)32-20-22-34(23-21-32)43-29-31-17-13-12-14-18-31/h12-14,17-18,20-23,33H,3-11,25-30H2,1-2H3,(H,39,40). The number of benzene rings is 2. The van der Waals surface area contributed by atoms with Crippen LogP contribution in [0.2, 0.25) is 0 Å². The first-order valence-electron chi connectivity index (χ1n) is 15.8. The molecule has 0 aromatic heterocycles. The van der Waals surface area contributed by atoms with E-state index in [1.54, 1.807) is 0 Å². The summed E-state index contributed by atoms with van der Waals surface area (Å²) in [7, 11) is -3.79. The number of anilines is 1. The fourth-order valence-corrected chi connectivity index (χ4v) is 6.46. The van der Waals surface area contributed by atoms with Crippen molar-refractivity contribution in [3.05, 3.63) is 60.2 Å². The normalized spacial score (nSPS) is 14.1. The minimum atomic E-state index is -3.79. The fraction of sp³-hybridized carbons (Fsp3) is 0.514. The third kappa shape index (κ3) is 11.8. The number of ether oxygens (including phenoxy) is 1. The Bertz CT molecular complexity index is 1370. The van der Waals surface area contributed by atoms with Crippen molar-refractivity contribution in [3.8, 4) is 29.6 Å². The predicted molar refractivity (Wildman–Crippen MR) is 177 cm³/mol. The first kappa shape index (κ1) is 34.8. The van der Waals surface area contributed by atoms with Crippen LogP contribution in [0.3, 0.4) is 0 Å². The molecule has 1 atom stereocenters. The van der Waals surface area contributed by atoms with Gasteiger partial charge < -0.3 is 14.7 Å². The molecular formula is C35H47N3O5S. The molecule has 2 aromatic carbocycles. The number of carboxylic acid groups (broad SMARTS) is 1. The summed E-state index contributed by atoms with van der Waals surface area (Å²) in [6.07, 6.45) is 6.96. The molecule has 44 heavy (non-hydrogen) atoms. The molecule has 2 aromatic rings. The molecule has 1 N–H and O–H groups in total. The molecule has 0 spiro atoms. The maximum absolute atomic E-state index is 13.5. The van der Waals surface area contributed by atoms with E-state index < -0.39 is 27.9 Å². The minimum absolute atomic E-state index is 0.307. The number of rotatable bonds is 15. The Morgan fingerprint density at radius 1 is 0.886 bits per heavy atom. The van der Waals surface area contributed by atoms with Crippen LogP contribution in [0.1, 0.15) is 77.2 Å². The lowest BCUT2D eigenvalue weighted by atomic mass is 10.2. The molecular weight excluding hydrogens is 574 g/mol. The van der Waals surface area contributed by atoms with Crippen LogP contribution in [0.25, 0.3) is 0 Å². The molecule has 1 aliphatic heterocycles. The largest absolute Gasteiger partial charge is 0.489 e. The van der Waals surface area contributed by atoms with E-state index in [9.17, 15) is 18.3 Å². The fourth-order valence-electron chi connectivity index (χ4n) is 4.90. The van der Waals surface area contributed by atoms with E-state index >= 15 is 0 Å². The van der Waals surface area contributed by atoms with Gasteiger partial charge >= 0.3 is 6.09 Å². The topological polar surface area (TPSA) is 90.4 Å². The van der Waals surface area contributed by atoms with Crippen molar-refractivity contribution >= 4 is 21.8 Å². The summed E-state index contributed by atoms with van der Waals surface area (Å²) in [5, 5.41) is 9.94. The smallest absolute Gasteiger partial charge is 0.420 e. The molecule has 1 aliphatic rings. The second kappa shape index (κ2) is 18.9. The summed E-state index contributed by atoms with van der Waals surface area (Å²) in [6.45, 7) is 6.38. The van der Waals surface area contributed by atoms with Gasteiger partial charge in [0.25, 0.3) is 0 Å². The van der Waals surface area contributed by atoms with Crippen LogP contribution in [-0.2, 0) is 16.6 Å². The second-order valence-electron chi connectivity index (χ2n) is 11.0. The van der Waals surface area contributed by atoms with Crippen molar-refractivity contribution in [1.82, 2.24) is 9.21 Å². The third-order valence-corrected chi connectivity index (χ3v) is 9.39. The van der Waals surface area contributed by atoms with Crippen molar-refractivity contribution in [1.29, 1.82) is 0 Å². The highest BCUT2D eigenvalue weighted by Crippen LogP contribution is 2.23. The summed E-state index contributed by atoms with van der Waals surface area (Å²) in [5.41, 5.74) is 2.09. The Balaban J connectivity index is 1.61. The molecule has 1 heterocycles. The van der Waals surface area contributed by atoms with Gasteiger partial charge in [-0.25, -0.2) is 18.1 Å². The number of sulfonamides is 1. The number of piperazine rings is 1. The molecule has 1 fully saturated rings. The highest BCUT2D eigenvalue weighted by atomic mass is 32.2. The van der Waals surface area contributed by atoms with Crippen molar-refractivity contribution in [2.75, 3.05) is 36.8 Å². The minimum Gasteiger partial charge on any atom is -0.489 e. The van der Waals surface area contributed by atoms with Crippen LogP contribution in [0.15, 0.2) is 54.6 Å². The quantitative estimate of drug-likeness (QED) is 0.137. The molecule has 3 rings (SSSR count). The highest BCUT2D eigenvalue weighted by Gasteiger charge is 2.32. The zero-order chi connectivity index (χ0) is 31.6. The Morgan fingerprint density at radius 3 is 2.18 bits per heavy atom. The molecule has 1 unspecified atom stereocenters. The van der Waals surface area contributed by atoms with Gasteiger partial charge in [0.2, 0.25) is 10.0 Å². The molecule has 1 amide bonds. The number of carbonyl (C=O) groups is 1. The first-order chi connectivity index (χ1) is 21.3. The molecule has 0 saturated carbocycles. The molecule has 0 aliphatic carbocycles. The van der Waals surface area contributed by atoms with Gasteiger partial charge in [0, 0.05) is 50.8 Å². The van der Waals surface area contributed by atoms with E-state index in [-0.39, 0.29) is 0 Å². The van der Waals surface area contributed by atoms with Crippen LogP contribution in [-0.4, -0.2) is 66.8 Å². The Hall–Kier alpha value is -3.66. The van der Waals surface area contributed by atoms with Crippen LogP contribution >= 0.6 is 0 Å². The first-order valence-corrected chi connectivity index (χ1v) is 17.4. The summed E-state index contributed by atoms with van der Waals surface area (Å²) >= 11 is 0. The average Bonchev–Trinajstić information content (AvgIpc) is 3.03. The van der Waals surface area contributed by atoms with E-state index in [1.807, 2.05) is 54.6 Å². The molecule has 8 nitrogen and oxygen atoms in total. The number of hydrogen-bond acceptors (Lipinski definition) is 5. The number of hydrogen-bond donors (Lipinski definition) is 1. The summed E-state index contributed by atoms with van der Waals surface area (Å²) < 4.78 is 34.4. The van der Waals surface area contributed by atoms with Gasteiger partial charge in [-0.1, -0.05) is 88.1 Å². The molecule has 0 radical (unpaired) electrons. The van der Waals surface area contributed by atoms with Crippen molar-refractivity contribution in [2.45, 2.75) is 84.3 Å². The highest BCUT2D eigenvalue weighted by molar-refractivity contribution is 7.89. The number of amides is 1. The van der Waals surface area contributed by atoms with E-state index in [0.717, 1.165) is 66.8 Å². The zero-order valence-electron chi connectivity index (χ0n) is 26.2. The van der Waals surface area contributed by atoms with Crippen molar-refractivity contribution in [3.63, 3.8) is 0 Å². The van der Waals surface area contributed by atoms with Crippen molar-refractivity contribution < 1.29 is 23.1 Å². The monoisotopic (exact) mass is 621 g/mol. The van der Waals surface area contributed by atoms with Gasteiger partial charge in [-0.15, -0.1) is 5.92 Å². The maximum Gasteiger partial charge on any atom is 0.420 e. The van der Waals surface area contributed by atoms with E-state index in [0.29, 0.717) is 45.6 Å². The second-order valence-corrected chi connectivity index (χ2v) is 13.0. The maximum atomic E-state index is 13.5. The van der Waals surface area contributed by atoms with Gasteiger partial charge in [0.05, 0.1) is 5.75 Å². The third-order valence-electron chi connectivity index (χ3n) is 7.50. The Kier molecular flexibility index (Phi) is 14.9. The van der Waals surface area contributed by atoms with Crippen LogP contribution < -0.4 is 9.64 Å². The van der Waals surface area contributed by atoms with Crippen LogP contribution in [0.4, 0.5) is 10.5 Å². The lowest BCUT2D eigenvalue weighted by Crippen LogP contribution is -2.51. The summed E-state index contributed by atoms with van der Waals surface area (Å²) in [4.78, 5) is 15.2. The predicted octanol–water partition coefficient (Wildman–Crippen LogP) is 6.58. The van der Waals surface area contributed by atoms with E-state index in [4.69, 9.17) is 4.74 Å². The Labute approximate surface area is 264 Å². The summed E-state index contributed by atoms with van der Waals surface area (Å²) in [6, 6.07) is 19.5. The van der Waals surface area contributed by atoms with Crippen molar-refractivity contribution in [2.24, 2.45) is 0 Å².